The summed E-state index contributed by atoms with van der Waals surface area (Å²) in [7, 11) is 0. The van der Waals surface area contributed by atoms with Crippen LogP contribution in [-0.2, 0) is 4.74 Å². The predicted octanol–water partition coefficient (Wildman–Crippen LogP) is 4.06. The second-order valence-electron chi connectivity index (χ2n) is 4.84. The van der Waals surface area contributed by atoms with E-state index in [-0.39, 0.29) is 12.0 Å². The largest absolute Gasteiger partial charge is 0.377 e. The Labute approximate surface area is 100.0 Å². The van der Waals surface area contributed by atoms with Gasteiger partial charge in [0.05, 0.1) is 18.1 Å². The number of ether oxygens (including phenoxy) is 1. The second kappa shape index (κ2) is 8.58. The van der Waals surface area contributed by atoms with Crippen molar-refractivity contribution in [1.29, 1.82) is 5.26 Å². The van der Waals surface area contributed by atoms with E-state index in [2.05, 4.69) is 13.0 Å². The normalized spacial score (nSPS) is 24.5. The third kappa shape index (κ3) is 4.99. The molecule has 0 bridgehead atoms. The Kier molecular flexibility index (Phi) is 7.25. The van der Waals surface area contributed by atoms with Crippen LogP contribution in [0.4, 0.5) is 0 Å². The maximum atomic E-state index is 8.91. The zero-order chi connectivity index (χ0) is 11.6. The first-order valence-electron chi connectivity index (χ1n) is 6.89. The Hall–Kier alpha value is -0.550. The quantitative estimate of drug-likeness (QED) is 0.581. The lowest BCUT2D eigenvalue weighted by Gasteiger charge is -2.12. The highest BCUT2D eigenvalue weighted by atomic mass is 16.5. The van der Waals surface area contributed by atoms with Crippen molar-refractivity contribution in [1.82, 2.24) is 0 Å². The van der Waals surface area contributed by atoms with E-state index in [4.69, 9.17) is 10.00 Å². The Morgan fingerprint density at radius 2 is 1.81 bits per heavy atom. The molecular formula is C14H25NO. The standard InChI is InChI=1S/C14H25NO/c1-2-3-4-5-6-7-8-9-14-13(12-15)10-11-16-14/h13-14H,2-11H2,1H3. The molecule has 2 heteroatoms. The summed E-state index contributed by atoms with van der Waals surface area (Å²) in [4.78, 5) is 0. The molecule has 0 aromatic carbocycles. The van der Waals surface area contributed by atoms with Gasteiger partial charge in [-0.15, -0.1) is 0 Å². The van der Waals surface area contributed by atoms with Gasteiger partial charge in [0.2, 0.25) is 0 Å². The number of hydrogen-bond donors (Lipinski definition) is 0. The number of nitriles is 1. The first-order chi connectivity index (χ1) is 7.88. The molecule has 0 aromatic heterocycles. The summed E-state index contributed by atoms with van der Waals surface area (Å²) in [6.07, 6.45) is 11.6. The highest BCUT2D eigenvalue weighted by Gasteiger charge is 2.27. The summed E-state index contributed by atoms with van der Waals surface area (Å²) in [5.41, 5.74) is 0. The first-order valence-corrected chi connectivity index (χ1v) is 6.89. The fraction of sp³-hybridized carbons (Fsp3) is 0.929. The van der Waals surface area contributed by atoms with Gasteiger partial charge in [-0.3, -0.25) is 0 Å². The van der Waals surface area contributed by atoms with Crippen molar-refractivity contribution in [3.63, 3.8) is 0 Å². The molecule has 1 aliphatic rings. The van der Waals surface area contributed by atoms with Gasteiger partial charge in [-0.25, -0.2) is 0 Å². The van der Waals surface area contributed by atoms with Crippen molar-refractivity contribution >= 4 is 0 Å². The van der Waals surface area contributed by atoms with E-state index in [1.54, 1.807) is 0 Å². The Morgan fingerprint density at radius 3 is 2.50 bits per heavy atom. The number of unbranched alkanes of at least 4 members (excludes halogenated alkanes) is 6. The van der Waals surface area contributed by atoms with Crippen LogP contribution in [0.25, 0.3) is 0 Å². The van der Waals surface area contributed by atoms with E-state index in [1.165, 1.54) is 44.9 Å². The van der Waals surface area contributed by atoms with Crippen LogP contribution in [-0.4, -0.2) is 12.7 Å². The van der Waals surface area contributed by atoms with Crippen LogP contribution >= 0.6 is 0 Å². The van der Waals surface area contributed by atoms with E-state index in [9.17, 15) is 0 Å². The maximum absolute atomic E-state index is 8.91. The van der Waals surface area contributed by atoms with Gasteiger partial charge in [0.25, 0.3) is 0 Å². The van der Waals surface area contributed by atoms with Crippen molar-refractivity contribution in [3.05, 3.63) is 0 Å². The van der Waals surface area contributed by atoms with Gasteiger partial charge in [0.1, 0.15) is 0 Å². The molecule has 0 saturated carbocycles. The minimum Gasteiger partial charge on any atom is -0.377 e. The molecule has 2 unspecified atom stereocenters. The topological polar surface area (TPSA) is 33.0 Å². The molecule has 0 radical (unpaired) electrons. The lowest BCUT2D eigenvalue weighted by Crippen LogP contribution is -2.13. The van der Waals surface area contributed by atoms with Gasteiger partial charge in [0, 0.05) is 6.61 Å². The summed E-state index contributed by atoms with van der Waals surface area (Å²) in [6.45, 7) is 3.04. The summed E-state index contributed by atoms with van der Waals surface area (Å²) >= 11 is 0. The van der Waals surface area contributed by atoms with Crippen LogP contribution in [0.3, 0.4) is 0 Å². The third-order valence-corrected chi connectivity index (χ3v) is 3.47. The fourth-order valence-corrected chi connectivity index (χ4v) is 2.38. The molecule has 0 aliphatic carbocycles. The lowest BCUT2D eigenvalue weighted by atomic mass is 9.98. The van der Waals surface area contributed by atoms with Crippen LogP contribution in [0.1, 0.15) is 64.7 Å². The molecule has 2 atom stereocenters. The molecule has 0 amide bonds. The van der Waals surface area contributed by atoms with E-state index in [1.807, 2.05) is 0 Å². The molecule has 2 nitrogen and oxygen atoms in total. The predicted molar refractivity (Wildman–Crippen MR) is 66.1 cm³/mol. The highest BCUT2D eigenvalue weighted by molar-refractivity contribution is 4.92. The second-order valence-corrected chi connectivity index (χ2v) is 4.84. The van der Waals surface area contributed by atoms with Crippen LogP contribution in [0, 0.1) is 17.2 Å². The molecule has 1 heterocycles. The van der Waals surface area contributed by atoms with Gasteiger partial charge in [0.15, 0.2) is 0 Å². The van der Waals surface area contributed by atoms with Crippen molar-refractivity contribution in [2.24, 2.45) is 5.92 Å². The minimum atomic E-state index is 0.167. The van der Waals surface area contributed by atoms with Crippen LogP contribution < -0.4 is 0 Å². The highest BCUT2D eigenvalue weighted by Crippen LogP contribution is 2.24. The molecule has 0 spiro atoms. The maximum Gasteiger partial charge on any atom is 0.0747 e. The summed E-state index contributed by atoms with van der Waals surface area (Å²) in [6, 6.07) is 2.36. The average molecular weight is 223 g/mol. The monoisotopic (exact) mass is 223 g/mol. The number of hydrogen-bond acceptors (Lipinski definition) is 2. The van der Waals surface area contributed by atoms with Crippen molar-refractivity contribution in [3.8, 4) is 6.07 Å². The average Bonchev–Trinajstić information content (AvgIpc) is 2.75. The van der Waals surface area contributed by atoms with E-state index < -0.39 is 0 Å². The van der Waals surface area contributed by atoms with Crippen LogP contribution in [0.15, 0.2) is 0 Å². The molecule has 1 rings (SSSR count). The molecule has 1 fully saturated rings. The Balaban J connectivity index is 1.93. The third-order valence-electron chi connectivity index (χ3n) is 3.47. The van der Waals surface area contributed by atoms with E-state index >= 15 is 0 Å². The van der Waals surface area contributed by atoms with Crippen molar-refractivity contribution in [2.45, 2.75) is 70.8 Å². The summed E-state index contributed by atoms with van der Waals surface area (Å²) in [5, 5.41) is 8.91. The molecular weight excluding hydrogens is 198 g/mol. The first kappa shape index (κ1) is 13.5. The molecule has 1 aliphatic heterocycles. The summed E-state index contributed by atoms with van der Waals surface area (Å²) < 4.78 is 5.58. The smallest absolute Gasteiger partial charge is 0.0747 e. The van der Waals surface area contributed by atoms with Crippen LogP contribution in [0.2, 0.25) is 0 Å². The molecule has 0 aromatic rings. The molecule has 16 heavy (non-hydrogen) atoms. The van der Waals surface area contributed by atoms with Crippen molar-refractivity contribution < 1.29 is 4.74 Å². The van der Waals surface area contributed by atoms with Gasteiger partial charge < -0.3 is 4.74 Å². The number of nitrogens with zero attached hydrogens (tertiary/aromatic N) is 1. The molecule has 0 N–H and O–H groups in total. The van der Waals surface area contributed by atoms with E-state index in [0.717, 1.165) is 19.4 Å². The minimum absolute atomic E-state index is 0.167. The van der Waals surface area contributed by atoms with Crippen LogP contribution in [0.5, 0.6) is 0 Å². The van der Waals surface area contributed by atoms with E-state index in [0.29, 0.717) is 0 Å². The number of rotatable bonds is 8. The summed E-state index contributed by atoms with van der Waals surface area (Å²) in [5.74, 6) is 0.167. The Morgan fingerprint density at radius 1 is 1.12 bits per heavy atom. The SMILES string of the molecule is CCCCCCCCCC1OCCC1C#N. The van der Waals surface area contributed by atoms with Crippen molar-refractivity contribution in [2.75, 3.05) is 6.61 Å². The zero-order valence-electron chi connectivity index (χ0n) is 10.6. The van der Waals surface area contributed by atoms with Gasteiger partial charge in [-0.1, -0.05) is 51.9 Å². The zero-order valence-corrected chi connectivity index (χ0v) is 10.6. The molecule has 1 saturated heterocycles. The van der Waals surface area contributed by atoms with Gasteiger partial charge in [-0.05, 0) is 12.8 Å². The van der Waals surface area contributed by atoms with Gasteiger partial charge in [-0.2, -0.15) is 5.26 Å². The van der Waals surface area contributed by atoms with Gasteiger partial charge >= 0.3 is 0 Å². The lowest BCUT2D eigenvalue weighted by molar-refractivity contribution is 0.0908. The Bertz CT molecular complexity index is 209. The molecule has 92 valence electrons. The fourth-order valence-electron chi connectivity index (χ4n) is 2.38.